The predicted molar refractivity (Wildman–Crippen MR) is 102 cm³/mol. The zero-order chi connectivity index (χ0) is 19.3. The molecule has 1 saturated heterocycles. The van der Waals surface area contributed by atoms with E-state index in [2.05, 4.69) is 10.6 Å². The van der Waals surface area contributed by atoms with Gasteiger partial charge in [0.25, 0.3) is 0 Å². The van der Waals surface area contributed by atoms with E-state index in [9.17, 15) is 18.0 Å². The molecule has 0 spiro atoms. The van der Waals surface area contributed by atoms with Crippen LogP contribution in [-0.4, -0.2) is 61.5 Å². The fourth-order valence-electron chi connectivity index (χ4n) is 3.11. The molecule has 4 nitrogen and oxygen atoms in total. The monoisotopic (exact) mass is 397 g/mol. The number of hydrogen-bond donors (Lipinski definition) is 2. The first-order valence-corrected chi connectivity index (χ1v) is 9.82. The van der Waals surface area contributed by atoms with E-state index in [1.165, 1.54) is 16.7 Å². The maximum Gasteiger partial charge on any atom is 0.405 e. The topological polar surface area (TPSA) is 44.4 Å². The van der Waals surface area contributed by atoms with Crippen molar-refractivity contribution in [2.45, 2.75) is 17.1 Å². The number of rotatable bonds is 6. The number of benzene rings is 2. The molecule has 1 unspecified atom stereocenters. The molecule has 1 heterocycles. The van der Waals surface area contributed by atoms with Crippen LogP contribution in [0.1, 0.15) is 0 Å². The second-order valence-electron chi connectivity index (χ2n) is 6.45. The van der Waals surface area contributed by atoms with Crippen molar-refractivity contribution in [1.82, 2.24) is 15.5 Å². The minimum Gasteiger partial charge on any atom is -0.353 e. The lowest BCUT2D eigenvalue weighted by Crippen LogP contribution is -2.57. The Morgan fingerprint density at radius 1 is 1.15 bits per heavy atom. The Morgan fingerprint density at radius 2 is 1.85 bits per heavy atom. The summed E-state index contributed by atoms with van der Waals surface area (Å²) >= 11 is 1.32. The first-order chi connectivity index (χ1) is 12.9. The van der Waals surface area contributed by atoms with E-state index >= 15 is 0 Å². The summed E-state index contributed by atoms with van der Waals surface area (Å²) in [6.07, 6.45) is -4.36. The summed E-state index contributed by atoms with van der Waals surface area (Å²) in [5.74, 6) is -0.303. The maximum absolute atomic E-state index is 13.3. The lowest BCUT2D eigenvalue weighted by molar-refractivity contribution is -0.183. The molecule has 1 fully saturated rings. The highest BCUT2D eigenvalue weighted by molar-refractivity contribution is 8.00. The van der Waals surface area contributed by atoms with Crippen molar-refractivity contribution in [2.75, 3.05) is 38.5 Å². The molecule has 0 radical (unpaired) electrons. The molecule has 8 heteroatoms. The fourth-order valence-corrected chi connectivity index (χ4v) is 3.89. The highest BCUT2D eigenvalue weighted by atomic mass is 32.2. The van der Waals surface area contributed by atoms with Crippen LogP contribution in [0.4, 0.5) is 13.2 Å². The molecule has 1 amide bonds. The largest absolute Gasteiger partial charge is 0.405 e. The van der Waals surface area contributed by atoms with Crippen LogP contribution in [0.5, 0.6) is 0 Å². The number of carbonyl (C=O) groups is 1. The normalized spacial score (nSPS) is 17.0. The van der Waals surface area contributed by atoms with Gasteiger partial charge in [-0.1, -0.05) is 30.3 Å². The van der Waals surface area contributed by atoms with Gasteiger partial charge in [-0.05, 0) is 22.9 Å². The number of carbonyl (C=O) groups excluding carboxylic acids is 1. The summed E-state index contributed by atoms with van der Waals surface area (Å²) in [4.78, 5) is 14.4. The van der Waals surface area contributed by atoms with Gasteiger partial charge in [0.2, 0.25) is 5.91 Å². The van der Waals surface area contributed by atoms with E-state index in [1.807, 2.05) is 42.5 Å². The number of halogens is 3. The molecule has 0 aliphatic carbocycles. The minimum absolute atomic E-state index is 0.0878. The third kappa shape index (κ3) is 5.60. The second kappa shape index (κ2) is 8.95. The first kappa shape index (κ1) is 20.0. The highest BCUT2D eigenvalue weighted by Crippen LogP contribution is 2.25. The molecule has 0 saturated carbocycles. The summed E-state index contributed by atoms with van der Waals surface area (Å²) < 4.78 is 40.0. The molecule has 3 rings (SSSR count). The molecule has 1 atom stereocenters. The Labute approximate surface area is 160 Å². The standard InChI is InChI=1S/C19H22F3N3OS/c20-19(21,22)17(25-9-7-23-8-10-25)12-24-18(26)13-27-16-6-5-14-3-1-2-4-15(14)11-16/h1-6,11,17,23H,7-10,12-13H2,(H,24,26). The van der Waals surface area contributed by atoms with Crippen LogP contribution in [0, 0.1) is 0 Å². The summed E-state index contributed by atoms with van der Waals surface area (Å²) in [5.41, 5.74) is 0. The summed E-state index contributed by atoms with van der Waals surface area (Å²) in [6, 6.07) is 12.1. The minimum atomic E-state index is -4.36. The van der Waals surface area contributed by atoms with Gasteiger partial charge in [0.15, 0.2) is 0 Å². The summed E-state index contributed by atoms with van der Waals surface area (Å²) in [5, 5.41) is 7.66. The molecular formula is C19H22F3N3OS. The molecular weight excluding hydrogens is 375 g/mol. The number of thioether (sulfide) groups is 1. The van der Waals surface area contributed by atoms with Crippen molar-refractivity contribution in [3.05, 3.63) is 42.5 Å². The second-order valence-corrected chi connectivity index (χ2v) is 7.49. The number of hydrogen-bond acceptors (Lipinski definition) is 4. The van der Waals surface area contributed by atoms with Crippen molar-refractivity contribution >= 4 is 28.4 Å². The molecule has 1 aliphatic heterocycles. The van der Waals surface area contributed by atoms with Crippen molar-refractivity contribution in [1.29, 1.82) is 0 Å². The predicted octanol–water partition coefficient (Wildman–Crippen LogP) is 2.88. The smallest absolute Gasteiger partial charge is 0.353 e. The van der Waals surface area contributed by atoms with Crippen LogP contribution in [0.3, 0.4) is 0 Å². The Kier molecular flexibility index (Phi) is 6.62. The number of nitrogens with zero attached hydrogens (tertiary/aromatic N) is 1. The van der Waals surface area contributed by atoms with Gasteiger partial charge >= 0.3 is 6.18 Å². The lowest BCUT2D eigenvalue weighted by Gasteiger charge is -2.35. The number of nitrogens with one attached hydrogen (secondary N) is 2. The van der Waals surface area contributed by atoms with Gasteiger partial charge < -0.3 is 10.6 Å². The summed E-state index contributed by atoms with van der Waals surface area (Å²) in [7, 11) is 0. The van der Waals surface area contributed by atoms with Crippen LogP contribution < -0.4 is 10.6 Å². The van der Waals surface area contributed by atoms with E-state index in [4.69, 9.17) is 0 Å². The fraction of sp³-hybridized carbons (Fsp3) is 0.421. The van der Waals surface area contributed by atoms with Crippen LogP contribution in [0.25, 0.3) is 10.8 Å². The molecule has 2 aromatic rings. The zero-order valence-electron chi connectivity index (χ0n) is 14.8. The van der Waals surface area contributed by atoms with E-state index in [1.54, 1.807) is 0 Å². The van der Waals surface area contributed by atoms with Crippen LogP contribution in [0.15, 0.2) is 47.4 Å². The maximum atomic E-state index is 13.3. The molecule has 0 aromatic heterocycles. The number of alkyl halides is 3. The Bertz CT molecular complexity index is 778. The Morgan fingerprint density at radius 3 is 2.56 bits per heavy atom. The van der Waals surface area contributed by atoms with Gasteiger partial charge in [-0.3, -0.25) is 9.69 Å². The Hall–Kier alpha value is -1.77. The van der Waals surface area contributed by atoms with Crippen molar-refractivity contribution in [2.24, 2.45) is 0 Å². The van der Waals surface area contributed by atoms with Crippen molar-refractivity contribution < 1.29 is 18.0 Å². The first-order valence-electron chi connectivity index (χ1n) is 8.83. The third-order valence-corrected chi connectivity index (χ3v) is 5.55. The van der Waals surface area contributed by atoms with Gasteiger partial charge in [0.1, 0.15) is 6.04 Å². The van der Waals surface area contributed by atoms with Gasteiger partial charge in [0.05, 0.1) is 5.75 Å². The summed E-state index contributed by atoms with van der Waals surface area (Å²) in [6.45, 7) is 1.29. The van der Waals surface area contributed by atoms with Crippen molar-refractivity contribution in [3.8, 4) is 0 Å². The average Bonchev–Trinajstić information content (AvgIpc) is 2.66. The van der Waals surface area contributed by atoms with Crippen LogP contribution in [-0.2, 0) is 4.79 Å². The molecule has 146 valence electrons. The molecule has 0 bridgehead atoms. The SMILES string of the molecule is O=C(CSc1ccc2ccccc2c1)NCC(N1CCNCC1)C(F)(F)F. The number of fused-ring (bicyclic) bond motifs is 1. The Balaban J connectivity index is 1.52. The molecule has 27 heavy (non-hydrogen) atoms. The van der Waals surface area contributed by atoms with Crippen LogP contribution in [0.2, 0.25) is 0 Å². The van der Waals surface area contributed by atoms with Gasteiger partial charge in [-0.2, -0.15) is 13.2 Å². The van der Waals surface area contributed by atoms with Crippen LogP contribution >= 0.6 is 11.8 Å². The lowest BCUT2D eigenvalue weighted by atomic mass is 10.1. The van der Waals surface area contributed by atoms with E-state index in [0.717, 1.165) is 15.7 Å². The molecule has 2 aromatic carbocycles. The van der Waals surface area contributed by atoms with Crippen molar-refractivity contribution in [3.63, 3.8) is 0 Å². The van der Waals surface area contributed by atoms with Gasteiger partial charge in [-0.15, -0.1) is 11.8 Å². The third-order valence-electron chi connectivity index (χ3n) is 4.55. The van der Waals surface area contributed by atoms with Gasteiger partial charge in [0, 0.05) is 37.6 Å². The number of amides is 1. The number of piperazine rings is 1. The molecule has 1 aliphatic rings. The van der Waals surface area contributed by atoms with E-state index < -0.39 is 24.7 Å². The van der Waals surface area contributed by atoms with E-state index in [-0.39, 0.29) is 5.75 Å². The quantitative estimate of drug-likeness (QED) is 0.736. The highest BCUT2D eigenvalue weighted by Gasteiger charge is 2.43. The van der Waals surface area contributed by atoms with Gasteiger partial charge in [-0.25, -0.2) is 0 Å². The van der Waals surface area contributed by atoms with E-state index in [0.29, 0.717) is 26.2 Å². The zero-order valence-corrected chi connectivity index (χ0v) is 15.6. The average molecular weight is 397 g/mol. The molecule has 2 N–H and O–H groups in total.